The summed E-state index contributed by atoms with van der Waals surface area (Å²) < 4.78 is 18.1. The number of carbonyl (C=O) groups is 1. The highest BCUT2D eigenvalue weighted by Gasteiger charge is 2.16. The van der Waals surface area contributed by atoms with Crippen molar-refractivity contribution in [2.45, 2.75) is 6.54 Å². The van der Waals surface area contributed by atoms with Gasteiger partial charge in [-0.15, -0.1) is 0 Å². The van der Waals surface area contributed by atoms with Crippen LogP contribution in [0.3, 0.4) is 0 Å². The van der Waals surface area contributed by atoms with Crippen LogP contribution >= 0.6 is 0 Å². The van der Waals surface area contributed by atoms with E-state index in [0.29, 0.717) is 29.2 Å². The van der Waals surface area contributed by atoms with E-state index in [2.05, 4.69) is 10.2 Å². The Bertz CT molecular complexity index is 922. The fourth-order valence-corrected chi connectivity index (χ4v) is 2.57. The van der Waals surface area contributed by atoms with Crippen molar-refractivity contribution in [3.05, 3.63) is 65.6 Å². The van der Waals surface area contributed by atoms with Crippen molar-refractivity contribution in [2.24, 2.45) is 0 Å². The lowest BCUT2D eigenvalue weighted by Crippen LogP contribution is -2.26. The summed E-state index contributed by atoms with van der Waals surface area (Å²) in [5.41, 5.74) is 2.42. The molecular formula is C19H18FN3O3. The number of carbonyl (C=O) groups excluding carboxylic acids is 1. The first-order valence-corrected chi connectivity index (χ1v) is 7.90. The Kier molecular flexibility index (Phi) is 4.88. The lowest BCUT2D eigenvalue weighted by atomic mass is 10.1. The molecule has 7 heteroatoms. The zero-order chi connectivity index (χ0) is 18.7. The molecule has 0 saturated carbocycles. The van der Waals surface area contributed by atoms with Crippen LogP contribution in [-0.2, 0) is 6.54 Å². The van der Waals surface area contributed by atoms with Crippen LogP contribution in [0.15, 0.2) is 48.5 Å². The molecule has 0 aliphatic rings. The second kappa shape index (κ2) is 7.26. The number of phenolic OH excluding ortho intramolecular Hbond substituents is 1. The standard InChI is InChI=1S/C19H18FN3O3/c1-23(11-12-3-8-17(24)18(9-12)26-2)19(25)16-10-15(21-22-16)13-4-6-14(20)7-5-13/h3-10,24H,11H2,1-2H3,(H,21,22). The summed E-state index contributed by atoms with van der Waals surface area (Å²) in [5, 5.41) is 16.5. The Hall–Kier alpha value is -3.35. The predicted octanol–water partition coefficient (Wildman–Crippen LogP) is 3.20. The van der Waals surface area contributed by atoms with Gasteiger partial charge < -0.3 is 14.7 Å². The second-order valence-electron chi connectivity index (χ2n) is 5.84. The van der Waals surface area contributed by atoms with Crippen LogP contribution in [-0.4, -0.2) is 40.3 Å². The Labute approximate surface area is 149 Å². The van der Waals surface area contributed by atoms with Crippen LogP contribution in [0.25, 0.3) is 11.3 Å². The Morgan fingerprint density at radius 3 is 2.65 bits per heavy atom. The molecule has 2 aromatic carbocycles. The van der Waals surface area contributed by atoms with Crippen LogP contribution in [0.1, 0.15) is 16.1 Å². The first-order chi connectivity index (χ1) is 12.5. The van der Waals surface area contributed by atoms with E-state index in [1.54, 1.807) is 37.4 Å². The largest absolute Gasteiger partial charge is 0.504 e. The third-order valence-electron chi connectivity index (χ3n) is 3.96. The first kappa shape index (κ1) is 17.5. The van der Waals surface area contributed by atoms with Crippen LogP contribution < -0.4 is 4.74 Å². The minimum Gasteiger partial charge on any atom is -0.504 e. The molecule has 6 nitrogen and oxygen atoms in total. The molecule has 0 bridgehead atoms. The number of ether oxygens (including phenoxy) is 1. The smallest absolute Gasteiger partial charge is 0.271 e. The molecule has 0 aliphatic carbocycles. The van der Waals surface area contributed by atoms with Crippen molar-refractivity contribution in [2.75, 3.05) is 14.2 Å². The maximum absolute atomic E-state index is 13.0. The Morgan fingerprint density at radius 2 is 1.96 bits per heavy atom. The van der Waals surface area contributed by atoms with Crippen molar-refractivity contribution in [3.63, 3.8) is 0 Å². The van der Waals surface area contributed by atoms with Gasteiger partial charge in [-0.3, -0.25) is 9.89 Å². The monoisotopic (exact) mass is 355 g/mol. The van der Waals surface area contributed by atoms with Crippen LogP contribution in [0.4, 0.5) is 4.39 Å². The molecule has 3 rings (SSSR count). The van der Waals surface area contributed by atoms with E-state index in [-0.39, 0.29) is 17.5 Å². The fourth-order valence-electron chi connectivity index (χ4n) is 2.57. The van der Waals surface area contributed by atoms with Gasteiger partial charge in [0.15, 0.2) is 11.5 Å². The summed E-state index contributed by atoms with van der Waals surface area (Å²) in [6.45, 7) is 0.334. The molecule has 0 fully saturated rings. The second-order valence-corrected chi connectivity index (χ2v) is 5.84. The summed E-state index contributed by atoms with van der Waals surface area (Å²) in [6.07, 6.45) is 0. The van der Waals surface area contributed by atoms with Gasteiger partial charge in [0.05, 0.1) is 12.8 Å². The van der Waals surface area contributed by atoms with E-state index in [9.17, 15) is 14.3 Å². The van der Waals surface area contributed by atoms with E-state index in [1.807, 2.05) is 0 Å². The van der Waals surface area contributed by atoms with E-state index in [1.165, 1.54) is 30.2 Å². The molecule has 26 heavy (non-hydrogen) atoms. The van der Waals surface area contributed by atoms with Crippen molar-refractivity contribution < 1.29 is 19.0 Å². The average Bonchev–Trinajstić information content (AvgIpc) is 3.13. The number of methoxy groups -OCH3 is 1. The topological polar surface area (TPSA) is 78.5 Å². The zero-order valence-electron chi connectivity index (χ0n) is 14.4. The maximum atomic E-state index is 13.0. The van der Waals surface area contributed by atoms with E-state index >= 15 is 0 Å². The van der Waals surface area contributed by atoms with Crippen LogP contribution in [0, 0.1) is 5.82 Å². The number of benzene rings is 2. The van der Waals surface area contributed by atoms with Crippen molar-refractivity contribution in [1.29, 1.82) is 0 Å². The molecule has 1 amide bonds. The third kappa shape index (κ3) is 3.66. The fraction of sp³-hybridized carbons (Fsp3) is 0.158. The quantitative estimate of drug-likeness (QED) is 0.737. The van der Waals surface area contributed by atoms with Gasteiger partial charge in [0.1, 0.15) is 11.5 Å². The number of aromatic nitrogens is 2. The molecule has 1 heterocycles. The molecular weight excluding hydrogens is 337 g/mol. The molecule has 0 unspecified atom stereocenters. The van der Waals surface area contributed by atoms with Crippen molar-refractivity contribution >= 4 is 5.91 Å². The number of halogens is 1. The lowest BCUT2D eigenvalue weighted by molar-refractivity contribution is 0.0779. The van der Waals surface area contributed by atoms with Crippen LogP contribution in [0.2, 0.25) is 0 Å². The molecule has 0 aliphatic heterocycles. The van der Waals surface area contributed by atoms with Gasteiger partial charge in [-0.05, 0) is 48.0 Å². The number of phenols is 1. The Balaban J connectivity index is 1.74. The number of hydrogen-bond acceptors (Lipinski definition) is 4. The third-order valence-corrected chi connectivity index (χ3v) is 3.96. The van der Waals surface area contributed by atoms with Gasteiger partial charge >= 0.3 is 0 Å². The molecule has 3 aromatic rings. The SMILES string of the molecule is COc1cc(CN(C)C(=O)c2cc(-c3ccc(F)cc3)n[nH]2)ccc1O. The number of aromatic hydroxyl groups is 1. The number of hydrogen-bond donors (Lipinski definition) is 2. The highest BCUT2D eigenvalue weighted by Crippen LogP contribution is 2.27. The van der Waals surface area contributed by atoms with E-state index in [4.69, 9.17) is 4.74 Å². The van der Waals surface area contributed by atoms with E-state index < -0.39 is 0 Å². The molecule has 0 radical (unpaired) electrons. The lowest BCUT2D eigenvalue weighted by Gasteiger charge is -2.17. The summed E-state index contributed by atoms with van der Waals surface area (Å²) in [5.74, 6) is -0.172. The minimum absolute atomic E-state index is 0.0442. The molecule has 0 atom stereocenters. The van der Waals surface area contributed by atoms with Crippen LogP contribution in [0.5, 0.6) is 11.5 Å². The molecule has 134 valence electrons. The summed E-state index contributed by atoms with van der Waals surface area (Å²) in [7, 11) is 3.13. The molecule has 1 aromatic heterocycles. The van der Waals surface area contributed by atoms with Crippen molar-refractivity contribution in [1.82, 2.24) is 15.1 Å². The van der Waals surface area contributed by atoms with Gasteiger partial charge in [-0.2, -0.15) is 5.10 Å². The minimum atomic E-state index is -0.329. The number of nitrogens with one attached hydrogen (secondary N) is 1. The summed E-state index contributed by atoms with van der Waals surface area (Å²) in [6, 6.07) is 12.4. The highest BCUT2D eigenvalue weighted by molar-refractivity contribution is 5.93. The summed E-state index contributed by atoms with van der Waals surface area (Å²) in [4.78, 5) is 14.1. The number of aromatic amines is 1. The van der Waals surface area contributed by atoms with Gasteiger partial charge in [-0.1, -0.05) is 6.07 Å². The number of H-pyrrole nitrogens is 1. The van der Waals surface area contributed by atoms with Gasteiger partial charge in [0, 0.05) is 19.2 Å². The Morgan fingerprint density at radius 1 is 1.23 bits per heavy atom. The first-order valence-electron chi connectivity index (χ1n) is 7.90. The summed E-state index contributed by atoms with van der Waals surface area (Å²) >= 11 is 0. The van der Waals surface area contributed by atoms with Gasteiger partial charge in [0.25, 0.3) is 5.91 Å². The highest BCUT2D eigenvalue weighted by atomic mass is 19.1. The van der Waals surface area contributed by atoms with Gasteiger partial charge in [-0.25, -0.2) is 4.39 Å². The number of nitrogens with zero attached hydrogens (tertiary/aromatic N) is 2. The zero-order valence-corrected chi connectivity index (χ0v) is 14.4. The molecule has 2 N–H and O–H groups in total. The number of amides is 1. The van der Waals surface area contributed by atoms with Crippen molar-refractivity contribution in [3.8, 4) is 22.8 Å². The normalized spacial score (nSPS) is 10.6. The van der Waals surface area contributed by atoms with E-state index in [0.717, 1.165) is 5.56 Å². The molecule has 0 saturated heterocycles. The average molecular weight is 355 g/mol. The predicted molar refractivity (Wildman–Crippen MR) is 94.4 cm³/mol. The maximum Gasteiger partial charge on any atom is 0.271 e. The molecule has 0 spiro atoms. The number of rotatable bonds is 5. The van der Waals surface area contributed by atoms with Gasteiger partial charge in [0.2, 0.25) is 0 Å².